The zero-order valence-corrected chi connectivity index (χ0v) is 20.1. The van der Waals surface area contributed by atoms with Crippen LogP contribution in [-0.4, -0.2) is 63.5 Å². The number of methoxy groups -OCH3 is 1. The molecule has 0 fully saturated rings. The Kier molecular flexibility index (Phi) is 7.49. The summed E-state index contributed by atoms with van der Waals surface area (Å²) in [4.78, 5) is 23.0. The Morgan fingerprint density at radius 1 is 1.35 bits per heavy atom. The third-order valence-electron chi connectivity index (χ3n) is 4.92. The first-order valence-electron chi connectivity index (χ1n) is 10.3. The maximum Gasteiger partial charge on any atom is 0.218 e. The van der Waals surface area contributed by atoms with Crippen LogP contribution in [0.4, 0.5) is 4.39 Å². The molecule has 2 unspecified atom stereocenters. The molecule has 1 amide bonds. The van der Waals surface area contributed by atoms with Crippen molar-refractivity contribution in [3.05, 3.63) is 42.0 Å². The number of hydrogen-bond donors (Lipinski definition) is 2. The van der Waals surface area contributed by atoms with Gasteiger partial charge in [0.05, 0.1) is 41.4 Å². The molecule has 0 spiro atoms. The molecule has 9 nitrogen and oxygen atoms in total. The van der Waals surface area contributed by atoms with Crippen LogP contribution in [0, 0.1) is 5.82 Å². The second-order valence-electron chi connectivity index (χ2n) is 7.45. The van der Waals surface area contributed by atoms with Gasteiger partial charge in [-0.05, 0) is 24.3 Å². The zero-order chi connectivity index (χ0) is 24.2. The molecule has 0 saturated carbocycles. The number of aromatic amines is 1. The third-order valence-corrected chi connectivity index (χ3v) is 6.97. The molecular weight excluding hydrogens is 483 g/mol. The Morgan fingerprint density at radius 2 is 2.18 bits per heavy atom. The van der Waals surface area contributed by atoms with Crippen molar-refractivity contribution in [3.8, 4) is 17.2 Å². The van der Waals surface area contributed by atoms with Gasteiger partial charge in [0.15, 0.2) is 11.5 Å². The Bertz CT molecular complexity index is 1260. The number of hydrogen-bond acceptors (Lipinski definition) is 8. The Morgan fingerprint density at radius 3 is 2.85 bits per heavy atom. The quantitative estimate of drug-likeness (QED) is 0.405. The first-order valence-corrected chi connectivity index (χ1v) is 12.7. The number of rotatable bonds is 10. The highest BCUT2D eigenvalue weighted by molar-refractivity contribution is 8.15. The number of carbonyl (C=O) groups excluding carboxylic acids is 1. The number of carbonyl (C=O) groups is 1. The molecule has 0 saturated heterocycles. The number of nitrogens with two attached hydrogens (primary N) is 1. The fraction of sp³-hybridized carbons (Fsp3) is 0.318. The fourth-order valence-corrected chi connectivity index (χ4v) is 4.93. The van der Waals surface area contributed by atoms with Gasteiger partial charge in [0.25, 0.3) is 0 Å². The lowest BCUT2D eigenvalue weighted by atomic mass is 10.2. The van der Waals surface area contributed by atoms with Crippen molar-refractivity contribution in [2.24, 2.45) is 10.7 Å². The molecule has 1 aromatic carbocycles. The molecule has 12 heteroatoms. The van der Waals surface area contributed by atoms with Crippen molar-refractivity contribution < 1.29 is 27.6 Å². The number of nitrogens with zero attached hydrogens (tertiary/aromatic N) is 2. The second-order valence-corrected chi connectivity index (χ2v) is 10.1. The van der Waals surface area contributed by atoms with E-state index in [1.165, 1.54) is 31.3 Å². The number of benzene rings is 1. The van der Waals surface area contributed by atoms with Crippen LogP contribution in [0.3, 0.4) is 0 Å². The summed E-state index contributed by atoms with van der Waals surface area (Å²) in [7, 11) is 0.292. The van der Waals surface area contributed by atoms with Gasteiger partial charge in [-0.3, -0.25) is 14.0 Å². The standard InChI is InChI=1S/C22H23FN4O5S2/c1-30-5-6-31-21-19(23)16(32-13-3-4-18(25-10-13)34(2)29)8-12-7-15(27-20(12)21)22-26-11-14(33-22)9-17(24)28/h3-4,7-8,10,14,27H,5-6,9,11H2,1-2H3,(H2,24,28). The molecule has 1 aliphatic rings. The second kappa shape index (κ2) is 10.5. The third kappa shape index (κ3) is 5.40. The van der Waals surface area contributed by atoms with Gasteiger partial charge in [0.1, 0.15) is 22.4 Å². The predicted molar refractivity (Wildman–Crippen MR) is 129 cm³/mol. The topological polar surface area (TPSA) is 129 Å². The average Bonchev–Trinajstić information content (AvgIpc) is 3.43. The number of nitrogens with one attached hydrogen (secondary N) is 1. The van der Waals surface area contributed by atoms with Crippen LogP contribution in [-0.2, 0) is 20.3 Å². The van der Waals surface area contributed by atoms with Crippen LogP contribution in [0.15, 0.2) is 40.5 Å². The number of ether oxygens (including phenoxy) is 3. The Labute approximate surface area is 201 Å². The number of amides is 1. The first kappa shape index (κ1) is 24.2. The number of H-pyrrole nitrogens is 1. The van der Waals surface area contributed by atoms with Gasteiger partial charge in [-0.15, -0.1) is 0 Å². The van der Waals surface area contributed by atoms with Crippen molar-refractivity contribution in [1.29, 1.82) is 0 Å². The Balaban J connectivity index is 1.67. The van der Waals surface area contributed by atoms with Crippen molar-refractivity contribution in [3.63, 3.8) is 0 Å². The molecule has 3 heterocycles. The molecule has 3 N–H and O–H groups in total. The summed E-state index contributed by atoms with van der Waals surface area (Å²) >= 11 is 1.45. The highest BCUT2D eigenvalue weighted by Crippen LogP contribution is 2.39. The lowest BCUT2D eigenvalue weighted by Crippen LogP contribution is -2.18. The number of halogens is 1. The van der Waals surface area contributed by atoms with E-state index < -0.39 is 16.6 Å². The number of fused-ring (bicyclic) bond motifs is 1. The number of aromatic nitrogens is 2. The molecule has 0 bridgehead atoms. The minimum absolute atomic E-state index is 0.00711. The van der Waals surface area contributed by atoms with Gasteiger partial charge in [-0.25, -0.2) is 4.98 Å². The maximum atomic E-state index is 15.4. The highest BCUT2D eigenvalue weighted by Gasteiger charge is 2.25. The lowest BCUT2D eigenvalue weighted by molar-refractivity contribution is -0.117. The molecule has 0 radical (unpaired) electrons. The fourth-order valence-electron chi connectivity index (χ4n) is 3.37. The van der Waals surface area contributed by atoms with Crippen molar-refractivity contribution >= 4 is 44.4 Å². The van der Waals surface area contributed by atoms with Crippen molar-refractivity contribution in [2.45, 2.75) is 16.7 Å². The largest absolute Gasteiger partial charge is 0.486 e. The smallest absolute Gasteiger partial charge is 0.218 e. The van der Waals surface area contributed by atoms with Gasteiger partial charge in [-0.1, -0.05) is 11.8 Å². The molecule has 0 aliphatic carbocycles. The van der Waals surface area contributed by atoms with Crippen LogP contribution >= 0.6 is 11.8 Å². The molecule has 180 valence electrons. The summed E-state index contributed by atoms with van der Waals surface area (Å²) in [6.07, 6.45) is 3.14. The van der Waals surface area contributed by atoms with Gasteiger partial charge in [-0.2, -0.15) is 4.39 Å². The molecule has 4 rings (SSSR count). The summed E-state index contributed by atoms with van der Waals surface area (Å²) in [6.45, 7) is 0.884. The molecule has 2 atom stereocenters. The van der Waals surface area contributed by atoms with E-state index in [4.69, 9.17) is 19.9 Å². The van der Waals surface area contributed by atoms with Gasteiger partial charge in [0, 0.05) is 30.4 Å². The van der Waals surface area contributed by atoms with E-state index in [2.05, 4.69) is 15.0 Å². The van der Waals surface area contributed by atoms with Gasteiger partial charge in [0.2, 0.25) is 11.7 Å². The molecular formula is C22H23FN4O5S2. The highest BCUT2D eigenvalue weighted by atomic mass is 32.2. The first-order chi connectivity index (χ1) is 16.4. The zero-order valence-electron chi connectivity index (χ0n) is 18.5. The minimum atomic E-state index is -1.24. The lowest BCUT2D eigenvalue weighted by Gasteiger charge is -2.12. The van der Waals surface area contributed by atoms with Crippen molar-refractivity contribution in [1.82, 2.24) is 9.97 Å². The van der Waals surface area contributed by atoms with E-state index >= 15 is 4.39 Å². The predicted octanol–water partition coefficient (Wildman–Crippen LogP) is 2.99. The number of pyridine rings is 1. The summed E-state index contributed by atoms with van der Waals surface area (Å²) in [5.41, 5.74) is 6.43. The number of thioether (sulfide) groups is 1. The monoisotopic (exact) mass is 506 g/mol. The summed E-state index contributed by atoms with van der Waals surface area (Å²) in [5, 5.41) is 1.73. The maximum absolute atomic E-state index is 15.4. The van der Waals surface area contributed by atoms with Crippen molar-refractivity contribution in [2.75, 3.05) is 33.1 Å². The van der Waals surface area contributed by atoms with E-state index in [0.717, 1.165) is 0 Å². The summed E-state index contributed by atoms with van der Waals surface area (Å²) in [5.74, 6) is -0.836. The average molecular weight is 507 g/mol. The van der Waals surface area contributed by atoms with E-state index in [-0.39, 0.29) is 48.0 Å². The van der Waals surface area contributed by atoms with E-state index in [9.17, 15) is 9.00 Å². The van der Waals surface area contributed by atoms with Gasteiger partial charge >= 0.3 is 0 Å². The minimum Gasteiger partial charge on any atom is -0.486 e. The summed E-state index contributed by atoms with van der Waals surface area (Å²) in [6, 6.07) is 6.51. The van der Waals surface area contributed by atoms with E-state index in [1.807, 2.05) is 6.07 Å². The summed E-state index contributed by atoms with van der Waals surface area (Å²) < 4.78 is 43.5. The SMILES string of the molecule is COCCOc1c(F)c(Oc2ccc(S(C)=O)nc2)cc2cc(C3=NCC(CC(N)=O)S3)[nH]c12. The van der Waals surface area contributed by atoms with E-state index in [0.29, 0.717) is 33.2 Å². The van der Waals surface area contributed by atoms with Gasteiger partial charge < -0.3 is 24.9 Å². The molecule has 2 aromatic heterocycles. The molecule has 1 aliphatic heterocycles. The normalized spacial score (nSPS) is 16.4. The van der Waals surface area contributed by atoms with Crippen LogP contribution in [0.5, 0.6) is 17.2 Å². The van der Waals surface area contributed by atoms with Crippen LogP contribution in [0.2, 0.25) is 0 Å². The van der Waals surface area contributed by atoms with Crippen LogP contribution in [0.25, 0.3) is 10.9 Å². The number of aliphatic imine (C=N–C) groups is 1. The Hall–Kier alpha value is -2.96. The number of primary amides is 1. The molecule has 3 aromatic rings. The van der Waals surface area contributed by atoms with Crippen LogP contribution in [0.1, 0.15) is 12.1 Å². The van der Waals surface area contributed by atoms with Crippen LogP contribution < -0.4 is 15.2 Å². The molecule has 34 heavy (non-hydrogen) atoms. The van der Waals surface area contributed by atoms with E-state index in [1.54, 1.807) is 18.2 Å².